The molecule has 0 radical (unpaired) electrons. The SMILES string of the molecule is COc1ccc(-c2cc(=O)n(C)cn2)cc1. The second kappa shape index (κ2) is 4.18. The Kier molecular flexibility index (Phi) is 2.72. The van der Waals surface area contributed by atoms with E-state index < -0.39 is 0 Å². The Morgan fingerprint density at radius 3 is 2.50 bits per heavy atom. The van der Waals surface area contributed by atoms with E-state index in [2.05, 4.69) is 4.98 Å². The normalized spacial score (nSPS) is 10.1. The number of aryl methyl sites for hydroxylation is 1. The van der Waals surface area contributed by atoms with Crippen molar-refractivity contribution in [2.75, 3.05) is 7.11 Å². The maximum absolute atomic E-state index is 11.4. The van der Waals surface area contributed by atoms with Gasteiger partial charge in [-0.3, -0.25) is 4.79 Å². The summed E-state index contributed by atoms with van der Waals surface area (Å²) in [7, 11) is 3.29. The molecule has 0 fully saturated rings. The number of methoxy groups -OCH3 is 1. The highest BCUT2D eigenvalue weighted by atomic mass is 16.5. The van der Waals surface area contributed by atoms with Gasteiger partial charge in [0.1, 0.15) is 5.75 Å². The predicted octanol–water partition coefficient (Wildman–Crippen LogP) is 1.46. The van der Waals surface area contributed by atoms with Gasteiger partial charge >= 0.3 is 0 Å². The van der Waals surface area contributed by atoms with E-state index in [1.165, 1.54) is 17.0 Å². The van der Waals surface area contributed by atoms with Gasteiger partial charge in [0.15, 0.2) is 0 Å². The summed E-state index contributed by atoms with van der Waals surface area (Å²) in [6, 6.07) is 8.95. The van der Waals surface area contributed by atoms with Crippen LogP contribution in [0.1, 0.15) is 0 Å². The van der Waals surface area contributed by atoms with Crippen LogP contribution in [0, 0.1) is 0 Å². The van der Waals surface area contributed by atoms with Crippen molar-refractivity contribution in [1.29, 1.82) is 0 Å². The van der Waals surface area contributed by atoms with Crippen LogP contribution in [-0.2, 0) is 7.05 Å². The molecule has 0 aliphatic carbocycles. The minimum atomic E-state index is -0.0687. The van der Waals surface area contributed by atoms with Crippen LogP contribution in [0.3, 0.4) is 0 Å². The first-order valence-electron chi connectivity index (χ1n) is 4.88. The van der Waals surface area contributed by atoms with E-state index in [9.17, 15) is 4.79 Å². The van der Waals surface area contributed by atoms with Gasteiger partial charge in [-0.2, -0.15) is 0 Å². The maximum Gasteiger partial charge on any atom is 0.253 e. The third-order valence-corrected chi connectivity index (χ3v) is 2.36. The van der Waals surface area contributed by atoms with Gasteiger partial charge in [0, 0.05) is 18.7 Å². The lowest BCUT2D eigenvalue weighted by atomic mass is 10.1. The lowest BCUT2D eigenvalue weighted by Gasteiger charge is -2.03. The fourth-order valence-corrected chi connectivity index (χ4v) is 1.38. The van der Waals surface area contributed by atoms with Gasteiger partial charge < -0.3 is 9.30 Å². The molecule has 2 aromatic rings. The van der Waals surface area contributed by atoms with Crippen molar-refractivity contribution in [1.82, 2.24) is 9.55 Å². The lowest BCUT2D eigenvalue weighted by molar-refractivity contribution is 0.415. The molecule has 0 saturated carbocycles. The summed E-state index contributed by atoms with van der Waals surface area (Å²) in [6.45, 7) is 0. The number of ether oxygens (including phenoxy) is 1. The fourth-order valence-electron chi connectivity index (χ4n) is 1.38. The van der Waals surface area contributed by atoms with Crippen molar-refractivity contribution in [2.24, 2.45) is 7.05 Å². The summed E-state index contributed by atoms with van der Waals surface area (Å²) in [5.74, 6) is 0.785. The van der Waals surface area contributed by atoms with E-state index in [4.69, 9.17) is 4.74 Å². The van der Waals surface area contributed by atoms with Gasteiger partial charge in [-0.25, -0.2) is 4.98 Å². The number of hydrogen-bond donors (Lipinski definition) is 0. The number of hydrogen-bond acceptors (Lipinski definition) is 3. The molecular formula is C12H12N2O2. The van der Waals surface area contributed by atoms with Gasteiger partial charge in [0.25, 0.3) is 5.56 Å². The van der Waals surface area contributed by atoms with Crippen LogP contribution < -0.4 is 10.3 Å². The third-order valence-electron chi connectivity index (χ3n) is 2.36. The maximum atomic E-state index is 11.4. The van der Waals surface area contributed by atoms with Gasteiger partial charge in [-0.15, -0.1) is 0 Å². The number of rotatable bonds is 2. The monoisotopic (exact) mass is 216 g/mol. The highest BCUT2D eigenvalue weighted by Crippen LogP contribution is 2.18. The Bertz CT molecular complexity index is 544. The molecule has 0 aliphatic rings. The van der Waals surface area contributed by atoms with Crippen molar-refractivity contribution < 1.29 is 4.74 Å². The van der Waals surface area contributed by atoms with Crippen LogP contribution in [0.5, 0.6) is 5.75 Å². The van der Waals surface area contributed by atoms with E-state index >= 15 is 0 Å². The minimum absolute atomic E-state index is 0.0687. The quantitative estimate of drug-likeness (QED) is 0.763. The Balaban J connectivity index is 2.42. The van der Waals surface area contributed by atoms with Gasteiger partial charge in [0.2, 0.25) is 0 Å². The molecule has 82 valence electrons. The number of aromatic nitrogens is 2. The summed E-state index contributed by atoms with van der Waals surface area (Å²) >= 11 is 0. The molecule has 0 saturated heterocycles. The molecule has 0 unspecified atom stereocenters. The zero-order valence-electron chi connectivity index (χ0n) is 9.18. The molecule has 0 aliphatic heterocycles. The molecule has 4 nitrogen and oxygen atoms in total. The zero-order valence-corrected chi connectivity index (χ0v) is 9.18. The summed E-state index contributed by atoms with van der Waals surface area (Å²) in [5, 5.41) is 0. The van der Waals surface area contributed by atoms with Crippen LogP contribution in [0.25, 0.3) is 11.3 Å². The molecule has 1 aromatic heterocycles. The Labute approximate surface area is 93.1 Å². The van der Waals surface area contributed by atoms with Crippen molar-refractivity contribution >= 4 is 0 Å². The molecule has 0 bridgehead atoms. The van der Waals surface area contributed by atoms with E-state index in [1.54, 1.807) is 14.2 Å². The van der Waals surface area contributed by atoms with Crippen LogP contribution in [0.2, 0.25) is 0 Å². The molecule has 0 spiro atoms. The Morgan fingerprint density at radius 1 is 1.25 bits per heavy atom. The smallest absolute Gasteiger partial charge is 0.253 e. The Hall–Kier alpha value is -2.10. The molecule has 16 heavy (non-hydrogen) atoms. The summed E-state index contributed by atoms with van der Waals surface area (Å²) in [6.07, 6.45) is 1.52. The van der Waals surface area contributed by atoms with E-state index in [1.807, 2.05) is 24.3 Å². The number of nitrogens with zero attached hydrogens (tertiary/aromatic N) is 2. The summed E-state index contributed by atoms with van der Waals surface area (Å²) in [4.78, 5) is 15.6. The van der Waals surface area contributed by atoms with Crippen LogP contribution in [-0.4, -0.2) is 16.7 Å². The largest absolute Gasteiger partial charge is 0.497 e. The molecule has 2 rings (SSSR count). The van der Waals surface area contributed by atoms with Crippen LogP contribution >= 0.6 is 0 Å². The molecular weight excluding hydrogens is 204 g/mol. The molecule has 1 aromatic carbocycles. The predicted molar refractivity (Wildman–Crippen MR) is 61.5 cm³/mol. The molecule has 0 atom stereocenters. The molecule has 1 heterocycles. The van der Waals surface area contributed by atoms with Crippen molar-refractivity contribution in [2.45, 2.75) is 0 Å². The van der Waals surface area contributed by atoms with E-state index in [0.717, 1.165) is 11.3 Å². The molecule has 0 N–H and O–H groups in total. The fraction of sp³-hybridized carbons (Fsp3) is 0.167. The topological polar surface area (TPSA) is 44.1 Å². The Morgan fingerprint density at radius 2 is 1.94 bits per heavy atom. The second-order valence-electron chi connectivity index (χ2n) is 3.45. The second-order valence-corrected chi connectivity index (χ2v) is 3.45. The average molecular weight is 216 g/mol. The summed E-state index contributed by atoms with van der Waals surface area (Å²) in [5.41, 5.74) is 1.50. The third kappa shape index (κ3) is 1.95. The highest BCUT2D eigenvalue weighted by Gasteiger charge is 2.01. The minimum Gasteiger partial charge on any atom is -0.497 e. The van der Waals surface area contributed by atoms with Gasteiger partial charge in [-0.1, -0.05) is 0 Å². The first kappa shape index (κ1) is 10.4. The molecule has 0 amide bonds. The zero-order chi connectivity index (χ0) is 11.5. The van der Waals surface area contributed by atoms with Gasteiger partial charge in [0.05, 0.1) is 19.1 Å². The van der Waals surface area contributed by atoms with E-state index in [0.29, 0.717) is 5.69 Å². The van der Waals surface area contributed by atoms with Gasteiger partial charge in [-0.05, 0) is 24.3 Å². The van der Waals surface area contributed by atoms with Crippen molar-refractivity contribution in [3.63, 3.8) is 0 Å². The lowest BCUT2D eigenvalue weighted by Crippen LogP contribution is -2.15. The van der Waals surface area contributed by atoms with Crippen LogP contribution in [0.15, 0.2) is 41.5 Å². The standard InChI is InChI=1S/C12H12N2O2/c1-14-8-13-11(7-12(14)15)9-3-5-10(16-2)6-4-9/h3-8H,1-2H3. The number of benzene rings is 1. The first-order valence-corrected chi connectivity index (χ1v) is 4.88. The summed E-state index contributed by atoms with van der Waals surface area (Å²) < 4.78 is 6.50. The first-order chi connectivity index (χ1) is 7.70. The van der Waals surface area contributed by atoms with Crippen LogP contribution in [0.4, 0.5) is 0 Å². The van der Waals surface area contributed by atoms with Crippen molar-refractivity contribution in [3.05, 3.63) is 47.0 Å². The van der Waals surface area contributed by atoms with Crippen molar-refractivity contribution in [3.8, 4) is 17.0 Å². The highest BCUT2D eigenvalue weighted by molar-refractivity contribution is 5.59. The van der Waals surface area contributed by atoms with E-state index in [-0.39, 0.29) is 5.56 Å². The average Bonchev–Trinajstić information content (AvgIpc) is 2.33. The molecule has 4 heteroatoms.